The number of imide groups is 1. The number of halogens is 4. The molecule has 3 aromatic rings. The van der Waals surface area contributed by atoms with Crippen LogP contribution in [0.3, 0.4) is 0 Å². The van der Waals surface area contributed by atoms with E-state index in [1.54, 1.807) is 60.7 Å². The van der Waals surface area contributed by atoms with Crippen LogP contribution in [0.25, 0.3) is 6.08 Å². The molecule has 1 fully saturated rings. The molecule has 3 amide bonds. The van der Waals surface area contributed by atoms with Gasteiger partial charge in [0.15, 0.2) is 6.61 Å². The summed E-state index contributed by atoms with van der Waals surface area (Å²) in [5.41, 5.74) is 1.55. The van der Waals surface area contributed by atoms with E-state index in [9.17, 15) is 14.4 Å². The second-order valence-electron chi connectivity index (χ2n) is 7.52. The van der Waals surface area contributed by atoms with Crippen LogP contribution in [0.15, 0.2) is 65.6 Å². The average Bonchev–Trinajstić information content (AvgIpc) is 3.09. The molecule has 4 rings (SSSR count). The van der Waals surface area contributed by atoms with Crippen molar-refractivity contribution in [1.29, 1.82) is 0 Å². The summed E-state index contributed by atoms with van der Waals surface area (Å²) in [4.78, 5) is 39.2. The highest BCUT2D eigenvalue weighted by molar-refractivity contribution is 8.18. The third-order valence-corrected chi connectivity index (χ3v) is 7.17. The first-order chi connectivity index (χ1) is 17.2. The maximum absolute atomic E-state index is 13.0. The minimum Gasteiger partial charge on any atom is -0.483 e. The molecular formula is C25H16Cl4N2O4S. The molecule has 1 aliphatic rings. The Balaban J connectivity index is 1.49. The van der Waals surface area contributed by atoms with Gasteiger partial charge >= 0.3 is 0 Å². The predicted molar refractivity (Wildman–Crippen MR) is 145 cm³/mol. The number of hydrogen-bond donors (Lipinski definition) is 1. The zero-order valence-electron chi connectivity index (χ0n) is 18.3. The lowest BCUT2D eigenvalue weighted by Crippen LogP contribution is -2.27. The van der Waals surface area contributed by atoms with Gasteiger partial charge in [0.2, 0.25) is 0 Å². The quantitative estimate of drug-likeness (QED) is 0.291. The van der Waals surface area contributed by atoms with E-state index in [2.05, 4.69) is 5.32 Å². The van der Waals surface area contributed by atoms with Crippen LogP contribution in [0.5, 0.6) is 5.75 Å². The molecule has 6 nitrogen and oxygen atoms in total. The minimum atomic E-state index is -0.474. The number of ether oxygens (including phenoxy) is 1. The summed E-state index contributed by atoms with van der Waals surface area (Å²) in [6, 6.07) is 16.5. The lowest BCUT2D eigenvalue weighted by atomic mass is 10.1. The van der Waals surface area contributed by atoms with Gasteiger partial charge in [-0.05, 0) is 65.9 Å². The molecule has 36 heavy (non-hydrogen) atoms. The molecular weight excluding hydrogens is 566 g/mol. The van der Waals surface area contributed by atoms with Gasteiger partial charge in [0.1, 0.15) is 5.75 Å². The summed E-state index contributed by atoms with van der Waals surface area (Å²) >= 11 is 25.0. The summed E-state index contributed by atoms with van der Waals surface area (Å²) < 4.78 is 5.68. The van der Waals surface area contributed by atoms with Crippen LogP contribution >= 0.6 is 58.2 Å². The van der Waals surface area contributed by atoms with E-state index in [0.717, 1.165) is 16.7 Å². The number of rotatable bonds is 7. The first-order valence-electron chi connectivity index (χ1n) is 10.4. The first kappa shape index (κ1) is 26.4. The predicted octanol–water partition coefficient (Wildman–Crippen LogP) is 7.55. The van der Waals surface area contributed by atoms with E-state index in [1.165, 1.54) is 6.08 Å². The highest BCUT2D eigenvalue weighted by Crippen LogP contribution is 2.36. The third kappa shape index (κ3) is 6.35. The van der Waals surface area contributed by atoms with E-state index in [-0.39, 0.29) is 18.1 Å². The summed E-state index contributed by atoms with van der Waals surface area (Å²) in [7, 11) is 0. The number of hydrogen-bond acceptors (Lipinski definition) is 5. The standard InChI is InChI=1S/C25H16Cl4N2O4S/c26-16-6-8-21(35-13-23(32)30-20-4-2-1-3-18(20)28)15(10-16)11-22-24(33)31(25(34)36-22)12-14-5-7-17(27)19(29)9-14/h1-11H,12-13H2,(H,30,32)/b22-11-. The van der Waals surface area contributed by atoms with Crippen molar-refractivity contribution in [3.63, 3.8) is 0 Å². The molecule has 0 atom stereocenters. The Morgan fingerprint density at radius 2 is 1.72 bits per heavy atom. The molecule has 11 heteroatoms. The van der Waals surface area contributed by atoms with Crippen LogP contribution in [0.4, 0.5) is 10.5 Å². The number of thioether (sulfide) groups is 1. The normalized spacial score (nSPS) is 14.4. The van der Waals surface area contributed by atoms with Crippen LogP contribution in [0.2, 0.25) is 20.1 Å². The van der Waals surface area contributed by atoms with Gasteiger partial charge in [-0.15, -0.1) is 0 Å². The summed E-state index contributed by atoms with van der Waals surface area (Å²) in [6.45, 7) is -0.271. The fraction of sp³-hybridized carbons (Fsp3) is 0.0800. The average molecular weight is 582 g/mol. The van der Waals surface area contributed by atoms with E-state index in [4.69, 9.17) is 51.1 Å². The molecule has 0 unspecified atom stereocenters. The smallest absolute Gasteiger partial charge is 0.293 e. The van der Waals surface area contributed by atoms with E-state index in [1.807, 2.05) is 0 Å². The lowest BCUT2D eigenvalue weighted by molar-refractivity contribution is -0.123. The Morgan fingerprint density at radius 3 is 2.47 bits per heavy atom. The maximum Gasteiger partial charge on any atom is 0.293 e. The van der Waals surface area contributed by atoms with Gasteiger partial charge in [-0.1, -0.05) is 64.6 Å². The molecule has 184 valence electrons. The van der Waals surface area contributed by atoms with Gasteiger partial charge in [0, 0.05) is 10.6 Å². The lowest BCUT2D eigenvalue weighted by Gasteiger charge is -2.13. The molecule has 0 saturated carbocycles. The fourth-order valence-corrected chi connectivity index (χ4v) is 4.77. The number of amides is 3. The van der Waals surface area contributed by atoms with Crippen LogP contribution in [-0.2, 0) is 16.1 Å². The Hall–Kier alpha value is -2.68. The molecule has 0 aliphatic carbocycles. The molecule has 0 bridgehead atoms. The zero-order chi connectivity index (χ0) is 25.8. The number of para-hydroxylation sites is 1. The first-order valence-corrected chi connectivity index (χ1v) is 12.7. The SMILES string of the molecule is O=C(COc1ccc(Cl)cc1/C=C1\SC(=O)N(Cc2ccc(Cl)c(Cl)c2)C1=O)Nc1ccccc1Cl. The second-order valence-corrected chi connectivity index (χ2v) is 10.2. The number of carbonyl (C=O) groups is 3. The van der Waals surface area contributed by atoms with Crippen molar-refractivity contribution >= 4 is 87.0 Å². The Labute approximate surface area is 231 Å². The third-order valence-electron chi connectivity index (χ3n) is 4.96. The number of nitrogens with one attached hydrogen (secondary N) is 1. The van der Waals surface area contributed by atoms with Crippen molar-refractivity contribution in [2.75, 3.05) is 11.9 Å². The monoisotopic (exact) mass is 580 g/mol. The van der Waals surface area contributed by atoms with Gasteiger partial charge in [0.25, 0.3) is 17.1 Å². The summed E-state index contributed by atoms with van der Waals surface area (Å²) in [5, 5.41) is 3.74. The Kier molecular flexibility index (Phi) is 8.49. The molecule has 1 heterocycles. The number of benzene rings is 3. The molecule has 1 saturated heterocycles. The van der Waals surface area contributed by atoms with Gasteiger partial charge < -0.3 is 10.1 Å². The van der Waals surface area contributed by atoms with E-state index >= 15 is 0 Å². The second kappa shape index (κ2) is 11.6. The summed E-state index contributed by atoms with van der Waals surface area (Å²) in [5.74, 6) is -0.589. The molecule has 1 N–H and O–H groups in total. The van der Waals surface area contributed by atoms with Gasteiger partial charge in [0.05, 0.1) is 32.2 Å². The van der Waals surface area contributed by atoms with Gasteiger partial charge in [-0.3, -0.25) is 19.3 Å². The van der Waals surface area contributed by atoms with Crippen molar-refractivity contribution in [3.05, 3.63) is 96.8 Å². The fourth-order valence-electron chi connectivity index (χ4n) is 3.25. The van der Waals surface area contributed by atoms with Crippen molar-refractivity contribution in [2.45, 2.75) is 6.54 Å². The molecule has 0 spiro atoms. The van der Waals surface area contributed by atoms with E-state index in [0.29, 0.717) is 42.7 Å². The van der Waals surface area contributed by atoms with Crippen molar-refractivity contribution in [1.82, 2.24) is 4.90 Å². The van der Waals surface area contributed by atoms with Crippen molar-refractivity contribution in [2.24, 2.45) is 0 Å². The Morgan fingerprint density at radius 1 is 0.944 bits per heavy atom. The highest BCUT2D eigenvalue weighted by Gasteiger charge is 2.35. The van der Waals surface area contributed by atoms with Crippen LogP contribution in [0, 0.1) is 0 Å². The topological polar surface area (TPSA) is 75.7 Å². The number of anilines is 1. The Bertz CT molecular complexity index is 1400. The minimum absolute atomic E-state index is 0.0417. The van der Waals surface area contributed by atoms with Crippen LogP contribution in [0.1, 0.15) is 11.1 Å². The van der Waals surface area contributed by atoms with Gasteiger partial charge in [-0.2, -0.15) is 0 Å². The van der Waals surface area contributed by atoms with Crippen molar-refractivity contribution in [3.8, 4) is 5.75 Å². The zero-order valence-corrected chi connectivity index (χ0v) is 22.1. The van der Waals surface area contributed by atoms with Gasteiger partial charge in [-0.25, -0.2) is 0 Å². The number of nitrogens with zero attached hydrogens (tertiary/aromatic N) is 1. The largest absolute Gasteiger partial charge is 0.483 e. The molecule has 1 aliphatic heterocycles. The van der Waals surface area contributed by atoms with E-state index < -0.39 is 17.1 Å². The molecule has 3 aromatic carbocycles. The van der Waals surface area contributed by atoms with Crippen molar-refractivity contribution < 1.29 is 19.1 Å². The highest BCUT2D eigenvalue weighted by atomic mass is 35.5. The molecule has 0 radical (unpaired) electrons. The number of carbonyl (C=O) groups excluding carboxylic acids is 3. The molecule has 0 aromatic heterocycles. The maximum atomic E-state index is 13.0. The van der Waals surface area contributed by atoms with Crippen LogP contribution < -0.4 is 10.1 Å². The summed E-state index contributed by atoms with van der Waals surface area (Å²) in [6.07, 6.45) is 1.51. The van der Waals surface area contributed by atoms with Crippen LogP contribution in [-0.4, -0.2) is 28.6 Å².